The van der Waals surface area contributed by atoms with E-state index in [-0.39, 0.29) is 5.92 Å². The van der Waals surface area contributed by atoms with Gasteiger partial charge in [-0.05, 0) is 37.4 Å². The molecular formula is C12H14F3N3S. The molecule has 0 saturated carbocycles. The first kappa shape index (κ1) is 12.9. The van der Waals surface area contributed by atoms with Gasteiger partial charge in [0.05, 0.1) is 15.9 Å². The second-order valence-corrected chi connectivity index (χ2v) is 5.73. The maximum Gasteiger partial charge on any atom is 0.408 e. The standard InChI is InChI=1S/C12H14F3N3S/c13-12(14,15)7-18-9-3-6-19-11(9)10(17-18)8-1-4-16-5-2-8/h3,6,8,16H,1-2,4-5,7H2. The van der Waals surface area contributed by atoms with E-state index in [1.165, 1.54) is 11.3 Å². The predicted octanol–water partition coefficient (Wildman–Crippen LogP) is 3.13. The van der Waals surface area contributed by atoms with Crippen LogP contribution < -0.4 is 5.32 Å². The van der Waals surface area contributed by atoms with Crippen LogP contribution in [0.25, 0.3) is 10.2 Å². The summed E-state index contributed by atoms with van der Waals surface area (Å²) in [7, 11) is 0. The van der Waals surface area contributed by atoms with Gasteiger partial charge in [-0.15, -0.1) is 11.3 Å². The minimum atomic E-state index is -4.23. The van der Waals surface area contributed by atoms with Gasteiger partial charge in [0.2, 0.25) is 0 Å². The molecular weight excluding hydrogens is 275 g/mol. The zero-order valence-electron chi connectivity index (χ0n) is 10.2. The van der Waals surface area contributed by atoms with Gasteiger partial charge in [-0.3, -0.25) is 4.68 Å². The van der Waals surface area contributed by atoms with Crippen molar-refractivity contribution in [1.82, 2.24) is 15.1 Å². The van der Waals surface area contributed by atoms with Crippen molar-refractivity contribution in [3.8, 4) is 0 Å². The normalized spacial score (nSPS) is 18.3. The first-order valence-corrected chi connectivity index (χ1v) is 7.14. The summed E-state index contributed by atoms with van der Waals surface area (Å²) >= 11 is 1.48. The fourth-order valence-electron chi connectivity index (χ4n) is 2.58. The highest BCUT2D eigenvalue weighted by Gasteiger charge is 2.31. The first-order valence-electron chi connectivity index (χ1n) is 6.26. The Balaban J connectivity index is 1.98. The van der Waals surface area contributed by atoms with E-state index >= 15 is 0 Å². The summed E-state index contributed by atoms with van der Waals surface area (Å²) in [4.78, 5) is 0. The molecule has 7 heteroatoms. The Labute approximate surface area is 112 Å². The van der Waals surface area contributed by atoms with Crippen LogP contribution in [0, 0.1) is 0 Å². The molecule has 1 fully saturated rings. The molecule has 2 aromatic rings. The summed E-state index contributed by atoms with van der Waals surface area (Å²) < 4.78 is 39.7. The summed E-state index contributed by atoms with van der Waals surface area (Å²) in [6.45, 7) is 0.804. The van der Waals surface area contributed by atoms with Crippen LogP contribution in [0.15, 0.2) is 11.4 Å². The van der Waals surface area contributed by atoms with E-state index in [1.807, 2.05) is 5.38 Å². The van der Waals surface area contributed by atoms with E-state index in [9.17, 15) is 13.2 Å². The summed E-state index contributed by atoms with van der Waals surface area (Å²) in [6, 6.07) is 1.73. The minimum Gasteiger partial charge on any atom is -0.317 e. The molecule has 0 amide bonds. The third-order valence-corrected chi connectivity index (χ3v) is 4.36. The highest BCUT2D eigenvalue weighted by molar-refractivity contribution is 7.17. The van der Waals surface area contributed by atoms with Crippen molar-refractivity contribution < 1.29 is 13.2 Å². The van der Waals surface area contributed by atoms with Crippen LogP contribution in [0.2, 0.25) is 0 Å². The highest BCUT2D eigenvalue weighted by Crippen LogP contribution is 2.34. The lowest BCUT2D eigenvalue weighted by Crippen LogP contribution is -2.27. The number of rotatable bonds is 2. The molecule has 0 radical (unpaired) electrons. The van der Waals surface area contributed by atoms with Gasteiger partial charge in [-0.25, -0.2) is 0 Å². The summed E-state index contributed by atoms with van der Waals surface area (Å²) in [5.41, 5.74) is 1.45. The number of aromatic nitrogens is 2. The summed E-state index contributed by atoms with van der Waals surface area (Å²) in [6.07, 6.45) is -2.35. The molecule has 19 heavy (non-hydrogen) atoms. The Kier molecular flexibility index (Phi) is 3.26. The topological polar surface area (TPSA) is 29.9 Å². The van der Waals surface area contributed by atoms with E-state index in [0.717, 1.165) is 41.0 Å². The number of fused-ring (bicyclic) bond motifs is 1. The molecule has 0 atom stereocenters. The molecule has 0 spiro atoms. The van der Waals surface area contributed by atoms with Gasteiger partial charge in [-0.2, -0.15) is 18.3 Å². The maximum atomic E-state index is 12.6. The molecule has 0 aromatic carbocycles. The SMILES string of the molecule is FC(F)(F)Cn1nc(C2CCNCC2)c2sccc21. The lowest BCUT2D eigenvalue weighted by molar-refractivity contribution is -0.141. The molecule has 0 unspecified atom stereocenters. The minimum absolute atomic E-state index is 0.275. The van der Waals surface area contributed by atoms with Crippen LogP contribution in [-0.4, -0.2) is 29.0 Å². The Morgan fingerprint density at radius 1 is 1.37 bits per heavy atom. The van der Waals surface area contributed by atoms with E-state index in [2.05, 4.69) is 10.4 Å². The van der Waals surface area contributed by atoms with Crippen LogP contribution in [0.1, 0.15) is 24.5 Å². The third-order valence-electron chi connectivity index (χ3n) is 3.44. The summed E-state index contributed by atoms with van der Waals surface area (Å²) in [5, 5.41) is 9.33. The lowest BCUT2D eigenvalue weighted by Gasteiger charge is -2.20. The average Bonchev–Trinajstić information content (AvgIpc) is 2.92. The fourth-order valence-corrected chi connectivity index (χ4v) is 3.53. The third kappa shape index (κ3) is 2.62. The van der Waals surface area contributed by atoms with E-state index < -0.39 is 12.7 Å². The van der Waals surface area contributed by atoms with Crippen molar-refractivity contribution in [3.05, 3.63) is 17.1 Å². The largest absolute Gasteiger partial charge is 0.408 e. The van der Waals surface area contributed by atoms with Crippen molar-refractivity contribution in [1.29, 1.82) is 0 Å². The van der Waals surface area contributed by atoms with Gasteiger partial charge in [0.15, 0.2) is 0 Å². The number of alkyl halides is 3. The number of halogens is 3. The van der Waals surface area contributed by atoms with Crippen molar-refractivity contribution in [3.63, 3.8) is 0 Å². The average molecular weight is 289 g/mol. The van der Waals surface area contributed by atoms with E-state index in [1.54, 1.807) is 6.07 Å². The number of hydrogen-bond acceptors (Lipinski definition) is 3. The van der Waals surface area contributed by atoms with Crippen LogP contribution in [0.4, 0.5) is 13.2 Å². The van der Waals surface area contributed by atoms with E-state index in [4.69, 9.17) is 0 Å². The molecule has 1 aliphatic rings. The van der Waals surface area contributed by atoms with Gasteiger partial charge in [0, 0.05) is 5.92 Å². The van der Waals surface area contributed by atoms with Crippen molar-refractivity contribution in [2.24, 2.45) is 0 Å². The number of nitrogens with zero attached hydrogens (tertiary/aromatic N) is 2. The van der Waals surface area contributed by atoms with Crippen molar-refractivity contribution in [2.45, 2.75) is 31.5 Å². The Morgan fingerprint density at radius 3 is 2.79 bits per heavy atom. The zero-order chi connectivity index (χ0) is 13.5. The van der Waals surface area contributed by atoms with Crippen LogP contribution in [0.3, 0.4) is 0 Å². The molecule has 104 valence electrons. The second kappa shape index (κ2) is 4.79. The molecule has 1 aliphatic heterocycles. The fraction of sp³-hybridized carbons (Fsp3) is 0.583. The van der Waals surface area contributed by atoms with Crippen LogP contribution in [-0.2, 0) is 6.54 Å². The predicted molar refractivity (Wildman–Crippen MR) is 68.5 cm³/mol. The molecule has 3 rings (SSSR count). The van der Waals surface area contributed by atoms with Crippen LogP contribution >= 0.6 is 11.3 Å². The van der Waals surface area contributed by atoms with E-state index in [0.29, 0.717) is 5.52 Å². The number of piperidine rings is 1. The maximum absolute atomic E-state index is 12.6. The Morgan fingerprint density at radius 2 is 2.11 bits per heavy atom. The highest BCUT2D eigenvalue weighted by atomic mass is 32.1. The van der Waals surface area contributed by atoms with Gasteiger partial charge in [0.1, 0.15) is 6.54 Å². The lowest BCUT2D eigenvalue weighted by atomic mass is 9.95. The van der Waals surface area contributed by atoms with Gasteiger partial charge in [-0.1, -0.05) is 0 Å². The molecule has 0 bridgehead atoms. The Bertz CT molecular complexity index is 566. The molecule has 2 aromatic heterocycles. The van der Waals surface area contributed by atoms with Gasteiger partial charge in [0.25, 0.3) is 0 Å². The molecule has 1 N–H and O–H groups in total. The molecule has 0 aliphatic carbocycles. The van der Waals surface area contributed by atoms with Gasteiger partial charge >= 0.3 is 6.18 Å². The van der Waals surface area contributed by atoms with Crippen molar-refractivity contribution in [2.75, 3.05) is 13.1 Å². The number of hydrogen-bond donors (Lipinski definition) is 1. The second-order valence-electron chi connectivity index (χ2n) is 4.82. The zero-order valence-corrected chi connectivity index (χ0v) is 11.0. The quantitative estimate of drug-likeness (QED) is 0.920. The first-order chi connectivity index (χ1) is 9.04. The molecule has 1 saturated heterocycles. The summed E-state index contributed by atoms with van der Waals surface area (Å²) in [5.74, 6) is 0.275. The number of thiophene rings is 1. The van der Waals surface area contributed by atoms with Crippen molar-refractivity contribution >= 4 is 21.6 Å². The molecule has 3 heterocycles. The van der Waals surface area contributed by atoms with Gasteiger partial charge < -0.3 is 5.32 Å². The monoisotopic (exact) mass is 289 g/mol. The molecule has 3 nitrogen and oxygen atoms in total. The smallest absolute Gasteiger partial charge is 0.317 e. The Hall–Kier alpha value is -1.08. The number of nitrogens with one attached hydrogen (secondary N) is 1. The van der Waals surface area contributed by atoms with Crippen LogP contribution in [0.5, 0.6) is 0 Å².